The fourth-order valence-corrected chi connectivity index (χ4v) is 3.82. The average Bonchev–Trinajstić information content (AvgIpc) is 2.83. The first-order chi connectivity index (χ1) is 11.0. The molecule has 3 nitrogen and oxygen atoms in total. The summed E-state index contributed by atoms with van der Waals surface area (Å²) in [7, 11) is 2.15. The number of fused-ring (bicyclic) bond motifs is 6. The number of nitrogens with zero attached hydrogens (tertiary/aromatic N) is 3. The predicted molar refractivity (Wildman–Crippen MR) is 96.2 cm³/mol. The Morgan fingerprint density at radius 3 is 2.70 bits per heavy atom. The van der Waals surface area contributed by atoms with Gasteiger partial charge in [0.2, 0.25) is 0 Å². The highest BCUT2D eigenvalue weighted by Gasteiger charge is 2.37. The topological polar surface area (TPSA) is 19.4 Å². The van der Waals surface area contributed by atoms with E-state index in [1.807, 2.05) is 6.20 Å². The van der Waals surface area contributed by atoms with Crippen LogP contribution in [-0.2, 0) is 0 Å². The number of anilines is 1. The van der Waals surface area contributed by atoms with Gasteiger partial charge in [-0.05, 0) is 37.0 Å². The van der Waals surface area contributed by atoms with E-state index in [2.05, 4.69) is 75.0 Å². The maximum Gasteiger partial charge on any atom is 0.103 e. The molecule has 0 bridgehead atoms. The summed E-state index contributed by atoms with van der Waals surface area (Å²) in [5, 5.41) is 0. The quantitative estimate of drug-likeness (QED) is 0.768. The summed E-state index contributed by atoms with van der Waals surface area (Å²) < 4.78 is 0. The summed E-state index contributed by atoms with van der Waals surface area (Å²) in [6.45, 7) is 8.95. The summed E-state index contributed by atoms with van der Waals surface area (Å²) >= 11 is 0. The van der Waals surface area contributed by atoms with Crippen molar-refractivity contribution < 1.29 is 0 Å². The van der Waals surface area contributed by atoms with Crippen LogP contribution in [0.5, 0.6) is 0 Å². The lowest BCUT2D eigenvalue weighted by molar-refractivity contribution is 0.383. The van der Waals surface area contributed by atoms with E-state index < -0.39 is 0 Å². The molecule has 0 N–H and O–H groups in total. The SMILES string of the molecule is Cc1ccnc2c1N1C(=CN(C)C1C)c1cccc(C(C)C)c1-2. The van der Waals surface area contributed by atoms with Gasteiger partial charge in [0.15, 0.2) is 0 Å². The van der Waals surface area contributed by atoms with Crippen molar-refractivity contribution in [2.24, 2.45) is 0 Å². The number of aromatic nitrogens is 1. The van der Waals surface area contributed by atoms with Crippen LogP contribution in [0.4, 0.5) is 5.69 Å². The molecule has 1 atom stereocenters. The van der Waals surface area contributed by atoms with Gasteiger partial charge in [-0.2, -0.15) is 0 Å². The number of hydrogen-bond acceptors (Lipinski definition) is 3. The lowest BCUT2D eigenvalue weighted by Crippen LogP contribution is -2.37. The highest BCUT2D eigenvalue weighted by Crippen LogP contribution is 2.50. The van der Waals surface area contributed by atoms with Gasteiger partial charge in [0.05, 0.1) is 17.1 Å². The third-order valence-electron chi connectivity index (χ3n) is 5.15. The molecular formula is C20H23N3. The van der Waals surface area contributed by atoms with E-state index in [1.165, 1.54) is 33.6 Å². The van der Waals surface area contributed by atoms with Gasteiger partial charge in [0.1, 0.15) is 6.17 Å². The zero-order chi connectivity index (χ0) is 16.3. The first-order valence-electron chi connectivity index (χ1n) is 8.33. The molecule has 0 saturated heterocycles. The molecule has 1 aromatic heterocycles. The van der Waals surface area contributed by atoms with Gasteiger partial charge in [-0.1, -0.05) is 32.0 Å². The van der Waals surface area contributed by atoms with E-state index in [1.54, 1.807) is 0 Å². The first kappa shape index (κ1) is 14.3. The van der Waals surface area contributed by atoms with Crippen molar-refractivity contribution >= 4 is 11.4 Å². The van der Waals surface area contributed by atoms with Crippen molar-refractivity contribution in [2.45, 2.75) is 39.8 Å². The van der Waals surface area contributed by atoms with Crippen LogP contribution in [-0.4, -0.2) is 23.1 Å². The number of benzene rings is 1. The normalized spacial score (nSPS) is 18.7. The molecular weight excluding hydrogens is 282 g/mol. The van der Waals surface area contributed by atoms with E-state index in [0.717, 1.165) is 5.69 Å². The van der Waals surface area contributed by atoms with Gasteiger partial charge >= 0.3 is 0 Å². The summed E-state index contributed by atoms with van der Waals surface area (Å²) in [4.78, 5) is 9.51. The van der Waals surface area contributed by atoms with Crippen LogP contribution in [0.3, 0.4) is 0 Å². The van der Waals surface area contributed by atoms with Gasteiger partial charge in [-0.15, -0.1) is 0 Å². The van der Waals surface area contributed by atoms with Gasteiger partial charge in [0, 0.05) is 30.6 Å². The largest absolute Gasteiger partial charge is 0.358 e. The average molecular weight is 305 g/mol. The second-order valence-corrected chi connectivity index (χ2v) is 6.93. The fraction of sp³-hybridized carbons (Fsp3) is 0.350. The first-order valence-corrected chi connectivity index (χ1v) is 8.33. The molecule has 3 heterocycles. The van der Waals surface area contributed by atoms with Crippen molar-refractivity contribution in [1.29, 1.82) is 0 Å². The van der Waals surface area contributed by atoms with E-state index >= 15 is 0 Å². The fourth-order valence-electron chi connectivity index (χ4n) is 3.82. The van der Waals surface area contributed by atoms with Crippen LogP contribution in [0.15, 0.2) is 36.7 Å². The standard InChI is InChI=1S/C20H23N3/c1-12(2)15-7-6-8-16-17-11-22(5)14(4)23(17)20-13(3)9-10-21-19(20)18(15)16/h6-12,14H,1-5H3. The molecule has 0 radical (unpaired) electrons. The highest BCUT2D eigenvalue weighted by molar-refractivity contribution is 6.00. The Kier molecular flexibility index (Phi) is 3.02. The second-order valence-electron chi connectivity index (χ2n) is 6.93. The van der Waals surface area contributed by atoms with Crippen LogP contribution < -0.4 is 4.90 Å². The third-order valence-corrected chi connectivity index (χ3v) is 5.15. The van der Waals surface area contributed by atoms with Crippen LogP contribution in [0.1, 0.15) is 43.4 Å². The molecule has 3 heteroatoms. The van der Waals surface area contributed by atoms with Crippen molar-refractivity contribution in [2.75, 3.05) is 11.9 Å². The lowest BCUT2D eigenvalue weighted by Gasteiger charge is -2.37. The van der Waals surface area contributed by atoms with E-state index in [0.29, 0.717) is 12.1 Å². The summed E-state index contributed by atoms with van der Waals surface area (Å²) in [5.74, 6) is 0.476. The molecule has 0 saturated carbocycles. The Hall–Kier alpha value is -2.29. The molecule has 2 aliphatic rings. The summed E-state index contributed by atoms with van der Waals surface area (Å²) in [5.41, 5.74) is 8.96. The maximum absolute atomic E-state index is 4.80. The summed E-state index contributed by atoms with van der Waals surface area (Å²) in [6, 6.07) is 8.77. The van der Waals surface area contributed by atoms with Crippen LogP contribution in [0.2, 0.25) is 0 Å². The number of aryl methyl sites for hydroxylation is 1. The van der Waals surface area contributed by atoms with Crippen LogP contribution >= 0.6 is 0 Å². The van der Waals surface area contributed by atoms with Crippen molar-refractivity contribution in [3.8, 4) is 11.3 Å². The molecule has 2 aliphatic heterocycles. The molecule has 2 aromatic rings. The molecule has 0 spiro atoms. The molecule has 1 aromatic carbocycles. The zero-order valence-corrected chi connectivity index (χ0v) is 14.5. The highest BCUT2D eigenvalue weighted by atomic mass is 15.4. The number of hydrogen-bond donors (Lipinski definition) is 0. The minimum Gasteiger partial charge on any atom is -0.358 e. The van der Waals surface area contributed by atoms with E-state index in [9.17, 15) is 0 Å². The minimum absolute atomic E-state index is 0.308. The maximum atomic E-state index is 4.80. The molecule has 0 fully saturated rings. The van der Waals surface area contributed by atoms with E-state index in [4.69, 9.17) is 4.98 Å². The summed E-state index contributed by atoms with van der Waals surface area (Å²) in [6.07, 6.45) is 4.51. The molecule has 0 amide bonds. The number of rotatable bonds is 1. The van der Waals surface area contributed by atoms with Gasteiger partial charge < -0.3 is 9.80 Å². The minimum atomic E-state index is 0.308. The smallest absolute Gasteiger partial charge is 0.103 e. The Morgan fingerprint density at radius 2 is 1.96 bits per heavy atom. The van der Waals surface area contributed by atoms with Crippen LogP contribution in [0, 0.1) is 6.92 Å². The van der Waals surface area contributed by atoms with Gasteiger partial charge in [-0.3, -0.25) is 4.98 Å². The number of pyridine rings is 1. The lowest BCUT2D eigenvalue weighted by atomic mass is 9.86. The van der Waals surface area contributed by atoms with Gasteiger partial charge in [0.25, 0.3) is 0 Å². The molecule has 1 unspecified atom stereocenters. The Morgan fingerprint density at radius 1 is 1.17 bits per heavy atom. The Balaban J connectivity index is 2.11. The third kappa shape index (κ3) is 1.86. The molecule has 4 rings (SSSR count). The molecule has 118 valence electrons. The van der Waals surface area contributed by atoms with Crippen molar-refractivity contribution in [3.63, 3.8) is 0 Å². The van der Waals surface area contributed by atoms with Gasteiger partial charge in [-0.25, -0.2) is 0 Å². The van der Waals surface area contributed by atoms with E-state index in [-0.39, 0.29) is 0 Å². The second kappa shape index (κ2) is 4.85. The predicted octanol–water partition coefficient (Wildman–Crippen LogP) is 4.59. The Bertz CT molecular complexity index is 820. The molecule has 23 heavy (non-hydrogen) atoms. The van der Waals surface area contributed by atoms with Crippen molar-refractivity contribution in [1.82, 2.24) is 9.88 Å². The Labute approximate surface area is 138 Å². The van der Waals surface area contributed by atoms with Crippen molar-refractivity contribution in [3.05, 3.63) is 53.4 Å². The monoisotopic (exact) mass is 305 g/mol. The zero-order valence-electron chi connectivity index (χ0n) is 14.5. The molecule has 0 aliphatic carbocycles. The van der Waals surface area contributed by atoms with Crippen LogP contribution in [0.25, 0.3) is 17.0 Å².